The minimum absolute atomic E-state index is 1.10. The first-order chi connectivity index (χ1) is 23.8. The van der Waals surface area contributed by atoms with Gasteiger partial charge in [0.1, 0.15) is 0 Å². The molecule has 0 aliphatic heterocycles. The highest BCUT2D eigenvalue weighted by atomic mass is 14.6. The van der Waals surface area contributed by atoms with Crippen LogP contribution in [-0.4, -0.2) is 19.9 Å². The van der Waals surface area contributed by atoms with E-state index in [2.05, 4.69) is 141 Å². The lowest BCUT2D eigenvalue weighted by Crippen LogP contribution is -2.21. The number of pyridine rings is 4. The number of benzene rings is 5. The molecule has 0 fully saturated rings. The second-order valence-corrected chi connectivity index (χ2v) is 11.9. The Balaban J connectivity index is 1.68. The quantitative estimate of drug-likeness (QED) is 0.187. The third-order valence-electron chi connectivity index (χ3n) is 9.23. The Labute approximate surface area is 277 Å². The van der Waals surface area contributed by atoms with Gasteiger partial charge < -0.3 is 0 Å². The van der Waals surface area contributed by atoms with E-state index in [1.165, 1.54) is 53.5 Å². The van der Waals surface area contributed by atoms with Crippen LogP contribution in [0.5, 0.6) is 0 Å². The van der Waals surface area contributed by atoms with Crippen molar-refractivity contribution in [2.45, 2.75) is 0 Å². The molecule has 0 saturated carbocycles. The highest BCUT2D eigenvalue weighted by molar-refractivity contribution is 6.13. The number of hydrogen-bond acceptors (Lipinski definition) is 4. The van der Waals surface area contributed by atoms with Crippen molar-refractivity contribution in [1.29, 1.82) is 0 Å². The molecule has 0 atom stereocenters. The maximum atomic E-state index is 4.39. The molecule has 4 nitrogen and oxygen atoms in total. The third kappa shape index (κ3) is 4.70. The molecule has 5 aromatic carbocycles. The van der Waals surface area contributed by atoms with Gasteiger partial charge in [-0.1, -0.05) is 48.5 Å². The molecule has 4 heterocycles. The molecule has 0 amide bonds. The summed E-state index contributed by atoms with van der Waals surface area (Å²) >= 11 is 0. The lowest BCUT2D eigenvalue weighted by Gasteiger charge is -2.18. The van der Waals surface area contributed by atoms with E-state index in [9.17, 15) is 0 Å². The van der Waals surface area contributed by atoms with Crippen LogP contribution in [-0.2, 0) is 0 Å². The fourth-order valence-corrected chi connectivity index (χ4v) is 7.12. The molecule has 0 radical (unpaired) electrons. The van der Waals surface area contributed by atoms with Gasteiger partial charge in [0, 0.05) is 49.6 Å². The Morgan fingerprint density at radius 3 is 0.750 bits per heavy atom. The van der Waals surface area contributed by atoms with Gasteiger partial charge in [-0.3, -0.25) is 19.9 Å². The zero-order chi connectivity index (χ0) is 31.9. The molecule has 9 rings (SSSR count). The molecule has 0 unspecified atom stereocenters. The molecular formula is C44H28N4. The summed E-state index contributed by atoms with van der Waals surface area (Å²) in [6.45, 7) is 0. The van der Waals surface area contributed by atoms with Crippen LogP contribution in [0.25, 0.3) is 54.2 Å². The summed E-state index contributed by atoms with van der Waals surface area (Å²) in [5.41, 5.74) is 6.67. The molecule has 0 saturated heterocycles. The molecular weight excluding hydrogens is 585 g/mol. The van der Waals surface area contributed by atoms with E-state index in [1.54, 1.807) is 0 Å². The molecule has 224 valence electrons. The topological polar surface area (TPSA) is 51.6 Å². The molecule has 4 heteroatoms. The van der Waals surface area contributed by atoms with Crippen LogP contribution in [0.3, 0.4) is 0 Å². The standard InChI is InChI=1S/C44H28N4/c1-2-6-34-26-38-37(25-33(34)5-1)43(41(29-9-17-45-18-10-29)30-11-19-46-20-12-30)39-27-35-7-3-4-8-36(35)28-40(39)44(38)42(31-13-21-47-22-14-31)32-15-23-48-24-16-32/h1-28H. The second-order valence-electron chi connectivity index (χ2n) is 11.9. The zero-order valence-electron chi connectivity index (χ0n) is 26.0. The summed E-state index contributed by atoms with van der Waals surface area (Å²) in [7, 11) is 0. The highest BCUT2D eigenvalue weighted by Crippen LogP contribution is 2.31. The smallest absolute Gasteiger partial charge is 0.0273 e. The van der Waals surface area contributed by atoms with Crippen molar-refractivity contribution in [1.82, 2.24) is 19.9 Å². The average molecular weight is 613 g/mol. The third-order valence-corrected chi connectivity index (χ3v) is 9.23. The lowest BCUT2D eigenvalue weighted by atomic mass is 9.85. The van der Waals surface area contributed by atoms with Gasteiger partial charge in [0.25, 0.3) is 0 Å². The Hall–Kier alpha value is -6.52. The molecule has 48 heavy (non-hydrogen) atoms. The molecule has 0 aliphatic rings. The SMILES string of the molecule is c1ccc2cc3c(=C(c4ccncc4)c4ccncc4)c4cc5ccccc5cc4c(=C(c4ccncc4)c4ccncc4)c3cc2c1. The van der Waals surface area contributed by atoms with Crippen molar-refractivity contribution in [2.24, 2.45) is 0 Å². The van der Waals surface area contributed by atoms with Crippen LogP contribution in [0.1, 0.15) is 22.3 Å². The first-order valence-corrected chi connectivity index (χ1v) is 16.0. The summed E-state index contributed by atoms with van der Waals surface area (Å²) in [4.78, 5) is 17.5. The number of rotatable bonds is 4. The first-order valence-electron chi connectivity index (χ1n) is 16.0. The van der Waals surface area contributed by atoms with Crippen molar-refractivity contribution in [2.75, 3.05) is 0 Å². The fourth-order valence-electron chi connectivity index (χ4n) is 7.12. The molecule has 0 N–H and O–H groups in total. The number of nitrogens with zero attached hydrogens (tertiary/aromatic N) is 4. The molecule has 0 aliphatic carbocycles. The predicted octanol–water partition coefficient (Wildman–Crippen LogP) is 8.37. The minimum atomic E-state index is 1.10. The van der Waals surface area contributed by atoms with Crippen molar-refractivity contribution in [3.8, 4) is 0 Å². The Morgan fingerprint density at radius 2 is 0.521 bits per heavy atom. The van der Waals surface area contributed by atoms with E-state index >= 15 is 0 Å². The molecule has 4 aromatic heterocycles. The summed E-state index contributed by atoms with van der Waals surface area (Å²) < 4.78 is 0. The molecule has 0 bridgehead atoms. The van der Waals surface area contributed by atoms with Gasteiger partial charge in [-0.05, 0) is 160 Å². The summed E-state index contributed by atoms with van der Waals surface area (Å²) in [5, 5.41) is 11.8. The summed E-state index contributed by atoms with van der Waals surface area (Å²) in [5.74, 6) is 0. The van der Waals surface area contributed by atoms with Crippen molar-refractivity contribution in [3.05, 3.63) is 204 Å². The molecule has 9 aromatic rings. The van der Waals surface area contributed by atoms with Crippen LogP contribution in [0.2, 0.25) is 0 Å². The van der Waals surface area contributed by atoms with Gasteiger partial charge in [0.2, 0.25) is 0 Å². The maximum absolute atomic E-state index is 4.39. The van der Waals surface area contributed by atoms with Gasteiger partial charge in [-0.2, -0.15) is 0 Å². The highest BCUT2D eigenvalue weighted by Gasteiger charge is 2.18. The van der Waals surface area contributed by atoms with Gasteiger partial charge in [-0.15, -0.1) is 0 Å². The van der Waals surface area contributed by atoms with Crippen molar-refractivity contribution >= 4 is 54.2 Å². The molecule has 0 spiro atoms. The van der Waals surface area contributed by atoms with Gasteiger partial charge in [0.05, 0.1) is 0 Å². The van der Waals surface area contributed by atoms with Crippen LogP contribution in [0.4, 0.5) is 0 Å². The monoisotopic (exact) mass is 612 g/mol. The van der Waals surface area contributed by atoms with Crippen LogP contribution in [0, 0.1) is 0 Å². The normalized spacial score (nSPS) is 11.3. The summed E-state index contributed by atoms with van der Waals surface area (Å²) in [6, 6.07) is 43.6. The van der Waals surface area contributed by atoms with Crippen LogP contribution >= 0.6 is 0 Å². The fraction of sp³-hybridized carbons (Fsp3) is 0. The zero-order valence-corrected chi connectivity index (χ0v) is 26.0. The Morgan fingerprint density at radius 1 is 0.292 bits per heavy atom. The maximum Gasteiger partial charge on any atom is 0.0273 e. The Bertz CT molecular complexity index is 2370. The van der Waals surface area contributed by atoms with E-state index in [1.807, 2.05) is 49.6 Å². The number of fused-ring (bicyclic) bond motifs is 4. The van der Waals surface area contributed by atoms with E-state index in [0.29, 0.717) is 0 Å². The van der Waals surface area contributed by atoms with Crippen LogP contribution in [0.15, 0.2) is 171 Å². The predicted molar refractivity (Wildman–Crippen MR) is 196 cm³/mol. The number of aromatic nitrogens is 4. The lowest BCUT2D eigenvalue weighted by molar-refractivity contribution is 1.29. The largest absolute Gasteiger partial charge is 0.265 e. The van der Waals surface area contributed by atoms with Gasteiger partial charge in [0.15, 0.2) is 0 Å². The van der Waals surface area contributed by atoms with Crippen molar-refractivity contribution in [3.63, 3.8) is 0 Å². The van der Waals surface area contributed by atoms with Gasteiger partial charge in [-0.25, -0.2) is 0 Å². The summed E-state index contributed by atoms with van der Waals surface area (Å²) in [6.07, 6.45) is 15.0. The first kappa shape index (κ1) is 27.8. The van der Waals surface area contributed by atoms with Gasteiger partial charge >= 0.3 is 0 Å². The van der Waals surface area contributed by atoms with E-state index < -0.39 is 0 Å². The second kappa shape index (κ2) is 11.7. The Kier molecular flexibility index (Phi) is 6.76. The average Bonchev–Trinajstić information content (AvgIpc) is 3.16. The van der Waals surface area contributed by atoms with Crippen molar-refractivity contribution < 1.29 is 0 Å². The van der Waals surface area contributed by atoms with E-state index in [-0.39, 0.29) is 0 Å². The minimum Gasteiger partial charge on any atom is -0.265 e. The van der Waals surface area contributed by atoms with Crippen LogP contribution < -0.4 is 10.4 Å². The van der Waals surface area contributed by atoms with E-state index in [4.69, 9.17) is 0 Å². The van der Waals surface area contributed by atoms with E-state index in [0.717, 1.165) is 33.4 Å². The number of hydrogen-bond donors (Lipinski definition) is 0.